The maximum absolute atomic E-state index is 4.96. The number of fused-ring (bicyclic) bond motifs is 1. The van der Waals surface area contributed by atoms with Crippen LogP contribution in [0.4, 0.5) is 0 Å². The molecule has 0 fully saturated rings. The van der Waals surface area contributed by atoms with Crippen molar-refractivity contribution in [2.24, 2.45) is 0 Å². The Hall–Kier alpha value is -1.31. The van der Waals surface area contributed by atoms with Crippen LogP contribution in [0.1, 0.15) is 0 Å². The summed E-state index contributed by atoms with van der Waals surface area (Å²) in [6.07, 6.45) is 11.5. The standard InChI is InChI=1S/C8H7NO/c1-2-4-8-7(3-1)5-10-6-9-8/h1-6,8H/p+1. The zero-order valence-corrected chi connectivity index (χ0v) is 5.45. The summed E-state index contributed by atoms with van der Waals surface area (Å²) < 4.78 is 4.96. The van der Waals surface area contributed by atoms with E-state index in [1.807, 2.05) is 18.2 Å². The Labute approximate surface area is 59.2 Å². The van der Waals surface area contributed by atoms with E-state index in [4.69, 9.17) is 4.74 Å². The monoisotopic (exact) mass is 134 g/mol. The topological polar surface area (TPSA) is 23.2 Å². The van der Waals surface area contributed by atoms with E-state index in [0.29, 0.717) is 6.04 Å². The van der Waals surface area contributed by atoms with Gasteiger partial charge in [0.25, 0.3) is 0 Å². The molecule has 1 N–H and O–H groups in total. The van der Waals surface area contributed by atoms with Gasteiger partial charge in [-0.2, -0.15) is 0 Å². The van der Waals surface area contributed by atoms with Crippen LogP contribution >= 0.6 is 0 Å². The minimum atomic E-state index is 0.318. The van der Waals surface area contributed by atoms with E-state index in [-0.39, 0.29) is 0 Å². The molecule has 1 heterocycles. The van der Waals surface area contributed by atoms with E-state index in [1.54, 1.807) is 12.7 Å². The van der Waals surface area contributed by atoms with Gasteiger partial charge in [0, 0.05) is 0 Å². The molecule has 2 nitrogen and oxygen atoms in total. The molecule has 1 atom stereocenters. The number of nitrogens with one attached hydrogen (secondary N) is 1. The lowest BCUT2D eigenvalue weighted by atomic mass is 10.0. The van der Waals surface area contributed by atoms with Gasteiger partial charge in [-0.25, -0.2) is 4.99 Å². The van der Waals surface area contributed by atoms with Crippen LogP contribution < -0.4 is 4.99 Å². The molecule has 0 aromatic heterocycles. The van der Waals surface area contributed by atoms with E-state index in [2.05, 4.69) is 11.1 Å². The molecule has 0 spiro atoms. The first-order chi connectivity index (χ1) is 4.97. The van der Waals surface area contributed by atoms with Crippen molar-refractivity contribution in [3.05, 3.63) is 36.1 Å². The Balaban J connectivity index is 2.33. The summed E-state index contributed by atoms with van der Waals surface area (Å²) in [7, 11) is 0. The van der Waals surface area contributed by atoms with Crippen LogP contribution in [0.2, 0.25) is 0 Å². The van der Waals surface area contributed by atoms with Crippen molar-refractivity contribution in [1.82, 2.24) is 0 Å². The maximum Gasteiger partial charge on any atom is 0.327 e. The van der Waals surface area contributed by atoms with E-state index >= 15 is 0 Å². The van der Waals surface area contributed by atoms with Gasteiger partial charge in [-0.15, -0.1) is 0 Å². The van der Waals surface area contributed by atoms with Crippen LogP contribution in [0.15, 0.2) is 36.1 Å². The van der Waals surface area contributed by atoms with Gasteiger partial charge in [-0.1, -0.05) is 12.2 Å². The SMILES string of the molecule is C1=CC2=COC=[NH+]C2C=C1. The van der Waals surface area contributed by atoms with Crippen molar-refractivity contribution in [2.75, 3.05) is 0 Å². The van der Waals surface area contributed by atoms with E-state index in [0.717, 1.165) is 0 Å². The molecule has 1 aliphatic heterocycles. The third-order valence-corrected chi connectivity index (χ3v) is 1.58. The van der Waals surface area contributed by atoms with Gasteiger partial charge in [0.15, 0.2) is 0 Å². The van der Waals surface area contributed by atoms with Gasteiger partial charge in [0.1, 0.15) is 6.26 Å². The Bertz CT molecular complexity index is 248. The quantitative estimate of drug-likeness (QED) is 0.474. The Morgan fingerprint density at radius 3 is 3.30 bits per heavy atom. The average Bonchev–Trinajstić information content (AvgIpc) is 2.05. The third kappa shape index (κ3) is 0.778. The summed E-state index contributed by atoms with van der Waals surface area (Å²) in [5.74, 6) is 0. The summed E-state index contributed by atoms with van der Waals surface area (Å²) in [4.78, 5) is 3.07. The highest BCUT2D eigenvalue weighted by atomic mass is 16.5. The number of allylic oxidation sites excluding steroid dienone is 2. The van der Waals surface area contributed by atoms with Crippen molar-refractivity contribution in [2.45, 2.75) is 6.04 Å². The van der Waals surface area contributed by atoms with Crippen LogP contribution in [0.3, 0.4) is 0 Å². The van der Waals surface area contributed by atoms with Crippen molar-refractivity contribution in [3.63, 3.8) is 0 Å². The Kier molecular flexibility index (Phi) is 1.17. The molecule has 2 rings (SSSR count). The average molecular weight is 134 g/mol. The zero-order valence-electron chi connectivity index (χ0n) is 5.45. The molecular weight excluding hydrogens is 126 g/mol. The van der Waals surface area contributed by atoms with Crippen LogP contribution in [0.5, 0.6) is 0 Å². The van der Waals surface area contributed by atoms with Gasteiger partial charge >= 0.3 is 6.40 Å². The van der Waals surface area contributed by atoms with E-state index in [9.17, 15) is 0 Å². The van der Waals surface area contributed by atoms with Gasteiger partial charge in [0.05, 0.1) is 5.57 Å². The minimum Gasteiger partial charge on any atom is -0.418 e. The molecule has 0 amide bonds. The third-order valence-electron chi connectivity index (χ3n) is 1.58. The fraction of sp³-hybridized carbons (Fsp3) is 0.125. The number of hydrogen-bond donors (Lipinski definition) is 1. The lowest BCUT2D eigenvalue weighted by molar-refractivity contribution is -0.483. The highest BCUT2D eigenvalue weighted by Crippen LogP contribution is 2.08. The summed E-state index contributed by atoms with van der Waals surface area (Å²) >= 11 is 0. The maximum atomic E-state index is 4.96. The van der Waals surface area contributed by atoms with Gasteiger partial charge in [-0.3, -0.25) is 0 Å². The van der Waals surface area contributed by atoms with Crippen LogP contribution in [-0.2, 0) is 4.74 Å². The molecule has 2 aliphatic rings. The van der Waals surface area contributed by atoms with Gasteiger partial charge in [0.2, 0.25) is 6.04 Å². The van der Waals surface area contributed by atoms with Crippen LogP contribution in [0, 0.1) is 0 Å². The molecule has 0 aromatic carbocycles. The van der Waals surface area contributed by atoms with Crippen LogP contribution in [-0.4, -0.2) is 12.4 Å². The highest BCUT2D eigenvalue weighted by molar-refractivity contribution is 5.45. The molecule has 1 unspecified atom stereocenters. The minimum absolute atomic E-state index is 0.318. The molecule has 50 valence electrons. The second-order valence-corrected chi connectivity index (χ2v) is 2.26. The van der Waals surface area contributed by atoms with Crippen molar-refractivity contribution in [3.8, 4) is 0 Å². The fourth-order valence-electron chi connectivity index (χ4n) is 1.05. The predicted octanol–water partition coefficient (Wildman–Crippen LogP) is -0.496. The normalized spacial score (nSPS) is 27.2. The second kappa shape index (κ2) is 2.14. The Morgan fingerprint density at radius 1 is 1.40 bits per heavy atom. The largest absolute Gasteiger partial charge is 0.418 e. The second-order valence-electron chi connectivity index (χ2n) is 2.26. The lowest BCUT2D eigenvalue weighted by Gasteiger charge is -2.09. The number of rotatable bonds is 0. The van der Waals surface area contributed by atoms with Crippen molar-refractivity contribution < 1.29 is 9.73 Å². The van der Waals surface area contributed by atoms with Crippen molar-refractivity contribution >= 4 is 6.40 Å². The summed E-state index contributed by atoms with van der Waals surface area (Å²) in [6.45, 7) is 0. The van der Waals surface area contributed by atoms with Gasteiger partial charge < -0.3 is 4.74 Å². The fourth-order valence-corrected chi connectivity index (χ4v) is 1.05. The zero-order chi connectivity index (χ0) is 6.81. The summed E-state index contributed by atoms with van der Waals surface area (Å²) in [6, 6.07) is 0.318. The van der Waals surface area contributed by atoms with E-state index < -0.39 is 0 Å². The molecule has 2 heteroatoms. The first-order valence-electron chi connectivity index (χ1n) is 3.25. The Morgan fingerprint density at radius 2 is 2.40 bits per heavy atom. The molecule has 0 aromatic rings. The predicted molar refractivity (Wildman–Crippen MR) is 38.3 cm³/mol. The van der Waals surface area contributed by atoms with Gasteiger partial charge in [-0.05, 0) is 12.2 Å². The molecule has 0 bridgehead atoms. The highest BCUT2D eigenvalue weighted by Gasteiger charge is 2.16. The molecule has 0 radical (unpaired) electrons. The molecule has 0 saturated heterocycles. The molecular formula is C8H8NO+. The van der Waals surface area contributed by atoms with Crippen LogP contribution in [0.25, 0.3) is 0 Å². The summed E-state index contributed by atoms with van der Waals surface area (Å²) in [5, 5.41) is 0. The van der Waals surface area contributed by atoms with Crippen molar-refractivity contribution in [1.29, 1.82) is 0 Å². The van der Waals surface area contributed by atoms with E-state index in [1.165, 1.54) is 5.57 Å². The molecule has 1 aliphatic carbocycles. The smallest absolute Gasteiger partial charge is 0.327 e. The molecule has 0 saturated carbocycles. The first kappa shape index (κ1) is 5.47. The number of hydrogen-bond acceptors (Lipinski definition) is 1. The molecule has 10 heavy (non-hydrogen) atoms. The first-order valence-corrected chi connectivity index (χ1v) is 3.25. The number of ether oxygens (including phenoxy) is 1. The summed E-state index contributed by atoms with van der Waals surface area (Å²) in [5.41, 5.74) is 1.17. The lowest BCUT2D eigenvalue weighted by Crippen LogP contribution is -2.77.